The molecular weight excluding hydrogens is 248 g/mol. The summed E-state index contributed by atoms with van der Waals surface area (Å²) in [6.45, 7) is 0. The Labute approximate surface area is 111 Å². The molecule has 1 heterocycles. The first-order chi connectivity index (χ1) is 8.75. The highest BCUT2D eigenvalue weighted by Gasteiger charge is 2.28. The van der Waals surface area contributed by atoms with Gasteiger partial charge in [0, 0.05) is 0 Å². The molecule has 0 saturated carbocycles. The third kappa shape index (κ3) is 1.97. The average Bonchev–Trinajstić information content (AvgIpc) is 2.84. The lowest BCUT2D eigenvalue weighted by atomic mass is 9.80. The van der Waals surface area contributed by atoms with E-state index in [0.29, 0.717) is 5.76 Å². The van der Waals surface area contributed by atoms with E-state index in [9.17, 15) is 4.79 Å². The van der Waals surface area contributed by atoms with Crippen molar-refractivity contribution < 1.29 is 9.21 Å². The summed E-state index contributed by atoms with van der Waals surface area (Å²) in [6.07, 6.45) is 2.98. The highest BCUT2D eigenvalue weighted by molar-refractivity contribution is 6.29. The molecule has 3 rings (SSSR count). The lowest BCUT2D eigenvalue weighted by Gasteiger charge is -2.23. The SMILES string of the molecule is O=C(c1ccc(Cl)o1)C1CCCc2ccccc21. The predicted molar refractivity (Wildman–Crippen MR) is 70.2 cm³/mol. The number of furan rings is 1. The minimum atomic E-state index is -0.0860. The highest BCUT2D eigenvalue weighted by Crippen LogP contribution is 2.34. The van der Waals surface area contributed by atoms with Gasteiger partial charge in [0.15, 0.2) is 11.0 Å². The molecule has 1 atom stereocenters. The molecule has 18 heavy (non-hydrogen) atoms. The number of ketones is 1. The third-order valence-corrected chi connectivity index (χ3v) is 3.71. The molecule has 2 aromatic rings. The van der Waals surface area contributed by atoms with Crippen LogP contribution in [0.15, 0.2) is 40.8 Å². The van der Waals surface area contributed by atoms with Crippen LogP contribution in [-0.4, -0.2) is 5.78 Å². The van der Waals surface area contributed by atoms with E-state index in [1.807, 2.05) is 18.2 Å². The molecule has 1 aliphatic rings. The number of halogens is 1. The van der Waals surface area contributed by atoms with E-state index in [4.69, 9.17) is 16.0 Å². The lowest BCUT2D eigenvalue weighted by Crippen LogP contribution is -2.18. The molecule has 0 amide bonds. The number of aryl methyl sites for hydroxylation is 1. The van der Waals surface area contributed by atoms with Crippen LogP contribution in [0.1, 0.15) is 40.4 Å². The van der Waals surface area contributed by atoms with Crippen LogP contribution in [0.4, 0.5) is 0 Å². The highest BCUT2D eigenvalue weighted by atomic mass is 35.5. The lowest BCUT2D eigenvalue weighted by molar-refractivity contribution is 0.0923. The van der Waals surface area contributed by atoms with Crippen LogP contribution in [0.5, 0.6) is 0 Å². The van der Waals surface area contributed by atoms with Crippen molar-refractivity contribution in [1.82, 2.24) is 0 Å². The Balaban J connectivity index is 1.96. The minimum absolute atomic E-state index is 0.0362. The first-order valence-electron chi connectivity index (χ1n) is 6.13. The molecular formula is C15H13ClO2. The van der Waals surface area contributed by atoms with Crippen molar-refractivity contribution in [2.75, 3.05) is 0 Å². The van der Waals surface area contributed by atoms with Gasteiger partial charge >= 0.3 is 0 Å². The zero-order valence-corrected chi connectivity index (χ0v) is 10.6. The van der Waals surface area contributed by atoms with Gasteiger partial charge in [-0.05, 0) is 54.1 Å². The van der Waals surface area contributed by atoms with Gasteiger partial charge in [-0.2, -0.15) is 0 Å². The van der Waals surface area contributed by atoms with Crippen molar-refractivity contribution in [1.29, 1.82) is 0 Å². The summed E-state index contributed by atoms with van der Waals surface area (Å²) < 4.78 is 5.23. The minimum Gasteiger partial charge on any atom is -0.442 e. The summed E-state index contributed by atoms with van der Waals surface area (Å²) in [7, 11) is 0. The van der Waals surface area contributed by atoms with E-state index in [0.717, 1.165) is 24.8 Å². The normalized spacial score (nSPS) is 18.4. The molecule has 0 aliphatic heterocycles. The van der Waals surface area contributed by atoms with Crippen molar-refractivity contribution in [3.8, 4) is 0 Å². The van der Waals surface area contributed by atoms with Crippen LogP contribution >= 0.6 is 11.6 Å². The average molecular weight is 261 g/mol. The molecule has 2 nitrogen and oxygen atoms in total. The second-order valence-electron chi connectivity index (χ2n) is 4.61. The topological polar surface area (TPSA) is 30.2 Å². The van der Waals surface area contributed by atoms with E-state index in [1.165, 1.54) is 5.56 Å². The predicted octanol–water partition coefficient (Wildman–Crippen LogP) is 4.24. The monoisotopic (exact) mass is 260 g/mol. The van der Waals surface area contributed by atoms with Gasteiger partial charge in [-0.3, -0.25) is 4.79 Å². The second kappa shape index (κ2) is 4.62. The Hall–Kier alpha value is -1.54. The number of carbonyl (C=O) groups is 1. The fourth-order valence-electron chi connectivity index (χ4n) is 2.64. The van der Waals surface area contributed by atoms with Gasteiger partial charge in [0.2, 0.25) is 5.78 Å². The van der Waals surface area contributed by atoms with Gasteiger partial charge in [-0.1, -0.05) is 24.3 Å². The van der Waals surface area contributed by atoms with Crippen molar-refractivity contribution in [3.05, 3.63) is 58.5 Å². The number of Topliss-reactive ketones (excluding diaryl/α,β-unsaturated/α-hetero) is 1. The number of hydrogen-bond acceptors (Lipinski definition) is 2. The van der Waals surface area contributed by atoms with E-state index >= 15 is 0 Å². The van der Waals surface area contributed by atoms with Crippen LogP contribution in [0, 0.1) is 0 Å². The van der Waals surface area contributed by atoms with E-state index < -0.39 is 0 Å². The maximum atomic E-state index is 12.4. The molecule has 92 valence electrons. The molecule has 1 aromatic carbocycles. The standard InChI is InChI=1S/C15H13ClO2/c16-14-9-8-13(18-14)15(17)12-7-3-5-10-4-1-2-6-11(10)12/h1-2,4,6,8-9,12H,3,5,7H2. The first kappa shape index (κ1) is 11.5. The quantitative estimate of drug-likeness (QED) is 0.756. The number of rotatable bonds is 2. The summed E-state index contributed by atoms with van der Waals surface area (Å²) in [4.78, 5) is 12.4. The molecule has 0 fully saturated rings. The van der Waals surface area contributed by atoms with Crippen molar-refractivity contribution in [3.63, 3.8) is 0 Å². The van der Waals surface area contributed by atoms with Crippen LogP contribution in [0.25, 0.3) is 0 Å². The Morgan fingerprint density at radius 2 is 2.06 bits per heavy atom. The van der Waals surface area contributed by atoms with Gasteiger partial charge in [0.05, 0.1) is 5.92 Å². The fraction of sp³-hybridized carbons (Fsp3) is 0.267. The summed E-state index contributed by atoms with van der Waals surface area (Å²) in [5.74, 6) is 0.313. The molecule has 0 radical (unpaired) electrons. The van der Waals surface area contributed by atoms with Crippen molar-refractivity contribution >= 4 is 17.4 Å². The van der Waals surface area contributed by atoms with Crippen LogP contribution in [0.2, 0.25) is 5.22 Å². The van der Waals surface area contributed by atoms with E-state index in [1.54, 1.807) is 12.1 Å². The molecule has 1 aliphatic carbocycles. The van der Waals surface area contributed by atoms with Crippen molar-refractivity contribution in [2.24, 2.45) is 0 Å². The van der Waals surface area contributed by atoms with Gasteiger partial charge in [0.1, 0.15) is 0 Å². The summed E-state index contributed by atoms with van der Waals surface area (Å²) in [5.41, 5.74) is 2.42. The van der Waals surface area contributed by atoms with Crippen molar-refractivity contribution in [2.45, 2.75) is 25.2 Å². The molecule has 1 unspecified atom stereocenters. The van der Waals surface area contributed by atoms with E-state index in [2.05, 4.69) is 6.07 Å². The van der Waals surface area contributed by atoms with E-state index in [-0.39, 0.29) is 16.9 Å². The molecule has 3 heteroatoms. The summed E-state index contributed by atoms with van der Waals surface area (Å²) in [6, 6.07) is 11.4. The Bertz CT molecular complexity index is 586. The van der Waals surface area contributed by atoms with Gasteiger partial charge in [-0.25, -0.2) is 0 Å². The fourth-order valence-corrected chi connectivity index (χ4v) is 2.79. The molecule has 0 spiro atoms. The number of benzene rings is 1. The molecule has 1 aromatic heterocycles. The van der Waals surface area contributed by atoms with Crippen LogP contribution < -0.4 is 0 Å². The van der Waals surface area contributed by atoms with Crippen LogP contribution in [-0.2, 0) is 6.42 Å². The number of carbonyl (C=O) groups excluding carboxylic acids is 1. The number of fused-ring (bicyclic) bond motifs is 1. The molecule has 0 saturated heterocycles. The second-order valence-corrected chi connectivity index (χ2v) is 4.98. The Kier molecular flexibility index (Phi) is 2.96. The van der Waals surface area contributed by atoms with Gasteiger partial charge in [0.25, 0.3) is 0 Å². The zero-order valence-electron chi connectivity index (χ0n) is 9.86. The zero-order chi connectivity index (χ0) is 12.5. The maximum absolute atomic E-state index is 12.4. The smallest absolute Gasteiger partial charge is 0.205 e. The van der Waals surface area contributed by atoms with Gasteiger partial charge in [-0.15, -0.1) is 0 Å². The third-order valence-electron chi connectivity index (χ3n) is 3.50. The maximum Gasteiger partial charge on any atom is 0.205 e. The molecule has 0 bridgehead atoms. The van der Waals surface area contributed by atoms with Gasteiger partial charge < -0.3 is 4.42 Å². The Morgan fingerprint density at radius 3 is 2.83 bits per heavy atom. The largest absolute Gasteiger partial charge is 0.442 e. The Morgan fingerprint density at radius 1 is 1.22 bits per heavy atom. The number of hydrogen-bond donors (Lipinski definition) is 0. The molecule has 0 N–H and O–H groups in total. The van der Waals surface area contributed by atoms with Crippen LogP contribution in [0.3, 0.4) is 0 Å². The first-order valence-corrected chi connectivity index (χ1v) is 6.51. The summed E-state index contributed by atoms with van der Waals surface area (Å²) >= 11 is 5.72. The summed E-state index contributed by atoms with van der Waals surface area (Å²) in [5, 5.41) is 0.266.